The molecule has 3 atom stereocenters. The van der Waals surface area contributed by atoms with Crippen LogP contribution in [0.2, 0.25) is 0 Å². The van der Waals surface area contributed by atoms with E-state index in [1.165, 1.54) is 4.57 Å². The van der Waals surface area contributed by atoms with Crippen LogP contribution in [0.15, 0.2) is 89.9 Å². The number of aromatic nitrogens is 2. The van der Waals surface area contributed by atoms with E-state index in [1.54, 1.807) is 30.5 Å². The molecule has 2 heterocycles. The summed E-state index contributed by atoms with van der Waals surface area (Å²) < 4.78 is 18.8. The Balaban J connectivity index is 1.39. The number of benzene rings is 3. The summed E-state index contributed by atoms with van der Waals surface area (Å²) in [4.78, 5) is 42.5. The van der Waals surface area contributed by atoms with Crippen molar-refractivity contribution >= 4 is 17.8 Å². The molecule has 0 radical (unpaired) electrons. The second kappa shape index (κ2) is 11.5. The summed E-state index contributed by atoms with van der Waals surface area (Å²) in [6.07, 6.45) is -0.719. The summed E-state index contributed by atoms with van der Waals surface area (Å²) in [5.41, 5.74) is 9.59. The lowest BCUT2D eigenvalue weighted by molar-refractivity contribution is -0.0581. The zero-order valence-electron chi connectivity index (χ0n) is 22.2. The second-order valence-corrected chi connectivity index (χ2v) is 9.73. The topological polar surface area (TPSA) is 123 Å². The molecule has 0 unspecified atom stereocenters. The Morgan fingerprint density at radius 3 is 2.15 bits per heavy atom. The van der Waals surface area contributed by atoms with Crippen LogP contribution in [0.4, 0.5) is 5.82 Å². The van der Waals surface area contributed by atoms with Crippen molar-refractivity contribution in [1.29, 1.82) is 0 Å². The molecule has 0 saturated carbocycles. The minimum absolute atomic E-state index is 0.0939. The fraction of sp³-hybridized carbons (Fsp3) is 0.226. The van der Waals surface area contributed by atoms with Gasteiger partial charge in [0.25, 0.3) is 0 Å². The number of nitrogen functional groups attached to an aromatic ring is 1. The van der Waals surface area contributed by atoms with Gasteiger partial charge in [-0.25, -0.2) is 14.4 Å². The van der Waals surface area contributed by atoms with Gasteiger partial charge in [0.05, 0.1) is 11.1 Å². The van der Waals surface area contributed by atoms with Crippen molar-refractivity contribution in [2.45, 2.75) is 38.7 Å². The molecule has 0 amide bonds. The van der Waals surface area contributed by atoms with Gasteiger partial charge in [0.2, 0.25) is 0 Å². The average molecular weight is 540 g/mol. The third-order valence-corrected chi connectivity index (χ3v) is 6.77. The highest BCUT2D eigenvalue weighted by Crippen LogP contribution is 2.33. The number of carbonyl (C=O) groups is 2. The zero-order chi connectivity index (χ0) is 28.2. The molecule has 3 aromatic carbocycles. The maximum Gasteiger partial charge on any atom is 0.351 e. The third kappa shape index (κ3) is 5.94. The highest BCUT2D eigenvalue weighted by atomic mass is 16.6. The molecule has 1 fully saturated rings. The minimum atomic E-state index is -0.832. The van der Waals surface area contributed by atoms with Crippen LogP contribution in [0.3, 0.4) is 0 Å². The molecule has 4 aromatic rings. The van der Waals surface area contributed by atoms with Gasteiger partial charge in [-0.3, -0.25) is 4.57 Å². The van der Waals surface area contributed by atoms with Gasteiger partial charge >= 0.3 is 17.6 Å². The predicted molar refractivity (Wildman–Crippen MR) is 149 cm³/mol. The SMILES string of the molecule is Cc1ccc(C(=O)OC[C@H]2O[C@@H](n3cc(-c4ccccc4)c(N)nc3=O)C[C@@H]2OC(=O)c2ccc(C)cc2)cc1. The smallest absolute Gasteiger partial charge is 0.351 e. The van der Waals surface area contributed by atoms with Crippen molar-refractivity contribution in [3.8, 4) is 11.1 Å². The molecule has 0 bridgehead atoms. The van der Waals surface area contributed by atoms with Crippen LogP contribution in [-0.4, -0.2) is 40.3 Å². The molecule has 204 valence electrons. The van der Waals surface area contributed by atoms with Gasteiger partial charge < -0.3 is 19.9 Å². The van der Waals surface area contributed by atoms with Gasteiger partial charge in [0.15, 0.2) is 0 Å². The summed E-state index contributed by atoms with van der Waals surface area (Å²) in [7, 11) is 0. The fourth-order valence-corrected chi connectivity index (χ4v) is 4.50. The van der Waals surface area contributed by atoms with E-state index in [2.05, 4.69) is 4.98 Å². The number of esters is 2. The lowest BCUT2D eigenvalue weighted by atomic mass is 10.1. The minimum Gasteiger partial charge on any atom is -0.459 e. The molecule has 0 spiro atoms. The van der Waals surface area contributed by atoms with Crippen LogP contribution in [0.25, 0.3) is 11.1 Å². The highest BCUT2D eigenvalue weighted by Gasteiger charge is 2.40. The van der Waals surface area contributed by atoms with Gasteiger partial charge in [-0.1, -0.05) is 65.7 Å². The Morgan fingerprint density at radius 2 is 1.52 bits per heavy atom. The van der Waals surface area contributed by atoms with Crippen LogP contribution in [-0.2, 0) is 14.2 Å². The number of anilines is 1. The van der Waals surface area contributed by atoms with Crippen molar-refractivity contribution in [3.63, 3.8) is 0 Å². The second-order valence-electron chi connectivity index (χ2n) is 9.73. The summed E-state index contributed by atoms with van der Waals surface area (Å²) in [6, 6.07) is 23.3. The number of ether oxygens (including phenoxy) is 3. The zero-order valence-corrected chi connectivity index (χ0v) is 22.2. The quantitative estimate of drug-likeness (QED) is 0.341. The van der Waals surface area contributed by atoms with E-state index in [9.17, 15) is 14.4 Å². The molecule has 40 heavy (non-hydrogen) atoms. The molecule has 9 nitrogen and oxygen atoms in total. The van der Waals surface area contributed by atoms with Crippen LogP contribution < -0.4 is 11.4 Å². The molecule has 1 aliphatic heterocycles. The Bertz CT molecular complexity index is 1570. The molecule has 0 aliphatic carbocycles. The summed E-state index contributed by atoms with van der Waals surface area (Å²) in [5, 5.41) is 0. The van der Waals surface area contributed by atoms with E-state index in [1.807, 2.05) is 68.4 Å². The van der Waals surface area contributed by atoms with E-state index in [0.717, 1.165) is 16.7 Å². The molecular weight excluding hydrogens is 510 g/mol. The van der Waals surface area contributed by atoms with E-state index in [0.29, 0.717) is 16.7 Å². The van der Waals surface area contributed by atoms with Gasteiger partial charge in [0.1, 0.15) is 30.9 Å². The number of rotatable bonds is 7. The average Bonchev–Trinajstić information content (AvgIpc) is 3.35. The number of nitrogens with zero attached hydrogens (tertiary/aromatic N) is 2. The maximum atomic E-state index is 13.0. The van der Waals surface area contributed by atoms with E-state index >= 15 is 0 Å². The lowest BCUT2D eigenvalue weighted by Gasteiger charge is -2.19. The van der Waals surface area contributed by atoms with Crippen LogP contribution in [0, 0.1) is 13.8 Å². The number of hydrogen-bond donors (Lipinski definition) is 1. The van der Waals surface area contributed by atoms with Crippen molar-refractivity contribution in [3.05, 3.63) is 118 Å². The summed E-state index contributed by atoms with van der Waals surface area (Å²) in [6.45, 7) is 3.66. The summed E-state index contributed by atoms with van der Waals surface area (Å²) in [5.74, 6) is -0.985. The van der Waals surface area contributed by atoms with Gasteiger partial charge in [-0.05, 0) is 43.7 Å². The first-order valence-electron chi connectivity index (χ1n) is 12.9. The molecule has 9 heteroatoms. The number of hydrogen-bond acceptors (Lipinski definition) is 8. The van der Waals surface area contributed by atoms with Crippen molar-refractivity contribution in [1.82, 2.24) is 9.55 Å². The maximum absolute atomic E-state index is 13.0. The van der Waals surface area contributed by atoms with Gasteiger partial charge in [-0.15, -0.1) is 0 Å². The van der Waals surface area contributed by atoms with Crippen molar-refractivity contribution in [2.75, 3.05) is 12.3 Å². The molecule has 5 rings (SSSR count). The van der Waals surface area contributed by atoms with Gasteiger partial charge in [-0.2, -0.15) is 4.98 Å². The van der Waals surface area contributed by atoms with E-state index in [-0.39, 0.29) is 18.8 Å². The van der Waals surface area contributed by atoms with E-state index < -0.39 is 36.1 Å². The van der Waals surface area contributed by atoms with Crippen molar-refractivity contribution < 1.29 is 23.8 Å². The Hall–Kier alpha value is -4.76. The van der Waals surface area contributed by atoms with E-state index in [4.69, 9.17) is 19.9 Å². The number of aryl methyl sites for hydroxylation is 2. The Labute approximate surface area is 231 Å². The number of nitrogens with two attached hydrogens (primary N) is 1. The normalized spacial score (nSPS) is 18.3. The fourth-order valence-electron chi connectivity index (χ4n) is 4.50. The van der Waals surface area contributed by atoms with Crippen LogP contribution in [0.5, 0.6) is 0 Å². The third-order valence-electron chi connectivity index (χ3n) is 6.77. The molecular formula is C31H29N3O6. The first-order chi connectivity index (χ1) is 19.3. The monoisotopic (exact) mass is 539 g/mol. The van der Waals surface area contributed by atoms with Crippen LogP contribution in [0.1, 0.15) is 44.5 Å². The largest absolute Gasteiger partial charge is 0.459 e. The van der Waals surface area contributed by atoms with Crippen molar-refractivity contribution in [2.24, 2.45) is 0 Å². The Morgan fingerprint density at radius 1 is 0.925 bits per heavy atom. The first-order valence-corrected chi connectivity index (χ1v) is 12.9. The Kier molecular flexibility index (Phi) is 7.75. The lowest BCUT2D eigenvalue weighted by Crippen LogP contribution is -2.32. The molecule has 2 N–H and O–H groups in total. The first kappa shape index (κ1) is 26.8. The highest BCUT2D eigenvalue weighted by molar-refractivity contribution is 5.90. The molecule has 1 aliphatic rings. The number of carbonyl (C=O) groups excluding carboxylic acids is 2. The molecule has 1 aromatic heterocycles. The van der Waals surface area contributed by atoms with Gasteiger partial charge in [0, 0.05) is 18.2 Å². The summed E-state index contributed by atoms with van der Waals surface area (Å²) >= 11 is 0. The molecule has 1 saturated heterocycles. The van der Waals surface area contributed by atoms with Crippen LogP contribution >= 0.6 is 0 Å². The predicted octanol–water partition coefficient (Wildman–Crippen LogP) is 4.48. The standard InChI is InChI=1S/C31H29N3O6/c1-19-8-12-22(13-9-19)29(35)38-18-26-25(40-30(36)23-14-10-20(2)11-15-23)16-27(39-26)34-17-24(28(32)33-31(34)37)21-6-4-3-5-7-21/h3-15,17,25-27H,16,18H2,1-2H3,(H2,32,33,37)/t25-,26+,27+/m0/s1.